The Bertz CT molecular complexity index is 186. The molecule has 1 rings (SSSR count). The van der Waals surface area contributed by atoms with Crippen LogP contribution in [0.15, 0.2) is 0 Å². The summed E-state index contributed by atoms with van der Waals surface area (Å²) in [6, 6.07) is 0. The lowest BCUT2D eigenvalue weighted by molar-refractivity contribution is -0.233. The lowest BCUT2D eigenvalue weighted by atomic mass is 9.75. The van der Waals surface area contributed by atoms with Crippen molar-refractivity contribution in [3.8, 4) is 0 Å². The molecule has 0 amide bonds. The van der Waals surface area contributed by atoms with E-state index >= 15 is 0 Å². The van der Waals surface area contributed by atoms with Gasteiger partial charge in [0, 0.05) is 19.6 Å². The van der Waals surface area contributed by atoms with E-state index in [2.05, 4.69) is 27.7 Å². The van der Waals surface area contributed by atoms with Crippen LogP contribution in [-0.2, 0) is 0 Å². The first-order valence-corrected chi connectivity index (χ1v) is 5.37. The van der Waals surface area contributed by atoms with Crippen LogP contribution in [-0.4, -0.2) is 40.5 Å². The Hall–Kier alpha value is -0.160. The lowest BCUT2D eigenvalue weighted by Gasteiger charge is -2.51. The summed E-state index contributed by atoms with van der Waals surface area (Å²) in [5.74, 6) is 6.62. The van der Waals surface area contributed by atoms with Crippen molar-refractivity contribution in [1.29, 1.82) is 0 Å². The minimum atomic E-state index is -0.201. The smallest absolute Gasteiger partial charge is 0.0647 e. The summed E-state index contributed by atoms with van der Waals surface area (Å²) in [5.41, 5.74) is -0.201. The summed E-state index contributed by atoms with van der Waals surface area (Å²) in [5, 5.41) is 13.3. The molecule has 0 unspecified atom stereocenters. The first-order chi connectivity index (χ1) is 6.41. The number of hydrazine groups is 1. The molecule has 14 heavy (non-hydrogen) atoms. The maximum absolute atomic E-state index is 10.0. The molecule has 0 aromatic rings. The third kappa shape index (κ3) is 1.80. The van der Waals surface area contributed by atoms with Crippen molar-refractivity contribution in [1.82, 2.24) is 10.1 Å². The third-order valence-corrected chi connectivity index (χ3v) is 3.54. The molecule has 3 N–H and O–H groups in total. The van der Waals surface area contributed by atoms with Crippen molar-refractivity contribution in [3.63, 3.8) is 0 Å². The average Bonchev–Trinajstić information content (AvgIpc) is 2.08. The van der Waals surface area contributed by atoms with E-state index in [-0.39, 0.29) is 5.54 Å². The molecule has 1 saturated heterocycles. The van der Waals surface area contributed by atoms with Crippen molar-refractivity contribution < 1.29 is 5.21 Å². The van der Waals surface area contributed by atoms with Crippen molar-refractivity contribution in [2.45, 2.75) is 33.2 Å². The number of hydrogen-bond acceptors (Lipinski definition) is 4. The SMILES string of the molecule is CC(C)C1(C(C)C)CN(N)CCN1O. The number of hydrogen-bond donors (Lipinski definition) is 2. The van der Waals surface area contributed by atoms with Gasteiger partial charge in [-0.25, -0.2) is 5.01 Å². The zero-order valence-electron chi connectivity index (χ0n) is 9.70. The summed E-state index contributed by atoms with van der Waals surface area (Å²) in [6.45, 7) is 10.7. The molecule has 4 heteroatoms. The number of nitrogens with zero attached hydrogens (tertiary/aromatic N) is 2. The Morgan fingerprint density at radius 2 is 1.64 bits per heavy atom. The standard InChI is InChI=1S/C10H23N3O/c1-8(2)10(9(3)4)7-12(11)5-6-13(10)14/h8-9,14H,5-7,11H2,1-4H3. The van der Waals surface area contributed by atoms with Gasteiger partial charge in [0.05, 0.1) is 5.54 Å². The zero-order valence-corrected chi connectivity index (χ0v) is 9.70. The van der Waals surface area contributed by atoms with Gasteiger partial charge < -0.3 is 5.21 Å². The van der Waals surface area contributed by atoms with Gasteiger partial charge in [0.1, 0.15) is 0 Å². The van der Waals surface area contributed by atoms with E-state index in [1.165, 1.54) is 5.06 Å². The molecule has 0 radical (unpaired) electrons. The summed E-state index contributed by atoms with van der Waals surface area (Å²) in [6.07, 6.45) is 0. The fourth-order valence-electron chi connectivity index (χ4n) is 2.55. The molecule has 0 spiro atoms. The number of piperazine rings is 1. The monoisotopic (exact) mass is 201 g/mol. The van der Waals surface area contributed by atoms with Crippen molar-refractivity contribution >= 4 is 0 Å². The molecular weight excluding hydrogens is 178 g/mol. The second-order valence-corrected chi connectivity index (χ2v) is 4.89. The molecule has 1 aliphatic rings. The Balaban J connectivity index is 2.92. The minimum absolute atomic E-state index is 0.201. The molecule has 0 aromatic heterocycles. The fourth-order valence-corrected chi connectivity index (χ4v) is 2.55. The van der Waals surface area contributed by atoms with Gasteiger partial charge in [-0.2, -0.15) is 5.06 Å². The van der Waals surface area contributed by atoms with E-state index in [1.807, 2.05) is 5.01 Å². The Kier molecular flexibility index (Phi) is 3.53. The van der Waals surface area contributed by atoms with E-state index in [9.17, 15) is 5.21 Å². The highest BCUT2D eigenvalue weighted by Gasteiger charge is 2.45. The molecule has 84 valence electrons. The number of rotatable bonds is 2. The quantitative estimate of drug-likeness (QED) is 0.652. The maximum atomic E-state index is 10.0. The number of hydroxylamine groups is 2. The molecule has 1 heterocycles. The first-order valence-electron chi connectivity index (χ1n) is 5.37. The van der Waals surface area contributed by atoms with Crippen molar-refractivity contribution in [3.05, 3.63) is 0 Å². The summed E-state index contributed by atoms with van der Waals surface area (Å²) in [4.78, 5) is 0. The van der Waals surface area contributed by atoms with Gasteiger partial charge in [-0.3, -0.25) is 5.84 Å². The highest BCUT2D eigenvalue weighted by atomic mass is 16.5. The molecule has 0 aromatic carbocycles. The van der Waals surface area contributed by atoms with Gasteiger partial charge in [0.25, 0.3) is 0 Å². The molecule has 0 saturated carbocycles. The van der Waals surface area contributed by atoms with Crippen LogP contribution >= 0.6 is 0 Å². The van der Waals surface area contributed by atoms with E-state index in [4.69, 9.17) is 5.84 Å². The topological polar surface area (TPSA) is 52.7 Å². The van der Waals surface area contributed by atoms with Crippen molar-refractivity contribution in [2.24, 2.45) is 17.7 Å². The van der Waals surface area contributed by atoms with Gasteiger partial charge in [0.2, 0.25) is 0 Å². The minimum Gasteiger partial charge on any atom is -0.313 e. The Morgan fingerprint density at radius 1 is 1.14 bits per heavy atom. The van der Waals surface area contributed by atoms with Crippen LogP contribution in [0.5, 0.6) is 0 Å². The second kappa shape index (κ2) is 4.14. The van der Waals surface area contributed by atoms with Crippen LogP contribution < -0.4 is 5.84 Å². The van der Waals surface area contributed by atoms with Crippen LogP contribution in [0.1, 0.15) is 27.7 Å². The summed E-state index contributed by atoms with van der Waals surface area (Å²) < 4.78 is 0. The fraction of sp³-hybridized carbons (Fsp3) is 1.00. The van der Waals surface area contributed by atoms with Gasteiger partial charge >= 0.3 is 0 Å². The molecule has 4 nitrogen and oxygen atoms in total. The Morgan fingerprint density at radius 3 is 2.00 bits per heavy atom. The van der Waals surface area contributed by atoms with Gasteiger partial charge in [-0.1, -0.05) is 27.7 Å². The van der Waals surface area contributed by atoms with Gasteiger partial charge in [-0.05, 0) is 11.8 Å². The highest BCUT2D eigenvalue weighted by Crippen LogP contribution is 2.34. The highest BCUT2D eigenvalue weighted by molar-refractivity contribution is 4.97. The van der Waals surface area contributed by atoms with E-state index in [0.717, 1.165) is 13.1 Å². The number of nitrogens with two attached hydrogens (primary N) is 1. The van der Waals surface area contributed by atoms with E-state index in [1.54, 1.807) is 0 Å². The molecule has 0 atom stereocenters. The summed E-state index contributed by atoms with van der Waals surface area (Å²) in [7, 11) is 0. The molecule has 0 aliphatic carbocycles. The molecule has 1 fully saturated rings. The third-order valence-electron chi connectivity index (χ3n) is 3.54. The van der Waals surface area contributed by atoms with Crippen LogP contribution in [0.2, 0.25) is 0 Å². The normalized spacial score (nSPS) is 24.9. The molecular formula is C10H23N3O. The maximum Gasteiger partial charge on any atom is 0.0647 e. The zero-order chi connectivity index (χ0) is 10.9. The van der Waals surface area contributed by atoms with Gasteiger partial charge in [-0.15, -0.1) is 0 Å². The van der Waals surface area contributed by atoms with Crippen molar-refractivity contribution in [2.75, 3.05) is 19.6 Å². The molecule has 0 bridgehead atoms. The van der Waals surface area contributed by atoms with E-state index in [0.29, 0.717) is 18.4 Å². The average molecular weight is 201 g/mol. The lowest BCUT2D eigenvalue weighted by Crippen LogP contribution is -2.67. The first kappa shape index (κ1) is 11.9. The predicted octanol–water partition coefficient (Wildman–Crippen LogP) is 0.918. The van der Waals surface area contributed by atoms with Crippen LogP contribution in [0.3, 0.4) is 0 Å². The predicted molar refractivity (Wildman–Crippen MR) is 56.7 cm³/mol. The van der Waals surface area contributed by atoms with Gasteiger partial charge in [0.15, 0.2) is 0 Å². The molecule has 1 aliphatic heterocycles. The van der Waals surface area contributed by atoms with Crippen LogP contribution in [0.4, 0.5) is 0 Å². The largest absolute Gasteiger partial charge is 0.313 e. The Labute approximate surface area is 86.6 Å². The van der Waals surface area contributed by atoms with Crippen LogP contribution in [0.25, 0.3) is 0 Å². The van der Waals surface area contributed by atoms with Crippen LogP contribution in [0, 0.1) is 11.8 Å². The van der Waals surface area contributed by atoms with E-state index < -0.39 is 0 Å². The second-order valence-electron chi connectivity index (χ2n) is 4.89. The summed E-state index contributed by atoms with van der Waals surface area (Å²) >= 11 is 0.